The first kappa shape index (κ1) is 12.3. The van der Waals surface area contributed by atoms with Crippen molar-refractivity contribution >= 4 is 0 Å². The summed E-state index contributed by atoms with van der Waals surface area (Å²) in [7, 11) is 0. The van der Waals surface area contributed by atoms with E-state index in [1.165, 1.54) is 0 Å². The quantitative estimate of drug-likeness (QED) is 0.325. The van der Waals surface area contributed by atoms with Crippen LogP contribution in [0.25, 0.3) is 0 Å². The normalized spacial score (nSPS) is 9.33. The summed E-state index contributed by atoms with van der Waals surface area (Å²) in [5.74, 6) is 0. The molecule has 0 aromatic carbocycles. The molecule has 0 unspecified atom stereocenters. The minimum Gasteiger partial charge on any atom is -0.342 e. The van der Waals surface area contributed by atoms with Gasteiger partial charge in [0, 0.05) is 0 Å². The first-order valence-electron chi connectivity index (χ1n) is 3.36. The fourth-order valence-corrected chi connectivity index (χ4v) is 0.763. The summed E-state index contributed by atoms with van der Waals surface area (Å²) in [6.45, 7) is 11.6. The molecule has 0 aromatic rings. The van der Waals surface area contributed by atoms with Gasteiger partial charge >= 0.3 is 18.9 Å². The molecule has 0 atom stereocenters. The molecule has 0 heterocycles. The molecule has 0 amide bonds. The van der Waals surface area contributed by atoms with Crippen molar-refractivity contribution in [1.29, 1.82) is 0 Å². The third kappa shape index (κ3) is 6.44. The van der Waals surface area contributed by atoms with Gasteiger partial charge in [-0.05, 0) is 19.6 Å². The Kier molecular flexibility index (Phi) is 11.7. The maximum Gasteiger partial charge on any atom is 1.00 e. The van der Waals surface area contributed by atoms with Gasteiger partial charge in [0.05, 0.1) is 0 Å². The molecule has 0 aromatic heterocycles. The van der Waals surface area contributed by atoms with Gasteiger partial charge in [0.2, 0.25) is 0 Å². The average Bonchev–Trinajstić information content (AvgIpc) is 1.83. The predicted molar refractivity (Wildman–Crippen MR) is 37.8 cm³/mol. The van der Waals surface area contributed by atoms with Crippen LogP contribution in [0.2, 0.25) is 0 Å². The van der Waals surface area contributed by atoms with Crippen LogP contribution in [-0.4, -0.2) is 24.5 Å². The van der Waals surface area contributed by atoms with Gasteiger partial charge in [0.25, 0.3) is 0 Å². The molecule has 0 fully saturated rings. The van der Waals surface area contributed by atoms with E-state index >= 15 is 0 Å². The van der Waals surface area contributed by atoms with Crippen molar-refractivity contribution in [2.45, 2.75) is 20.3 Å². The van der Waals surface area contributed by atoms with Gasteiger partial charge in [-0.15, -0.1) is 0 Å². The number of hydrogen-bond donors (Lipinski definition) is 0. The molecule has 9 heavy (non-hydrogen) atoms. The second-order valence-electron chi connectivity index (χ2n) is 1.88. The SMILES string of the molecule is [CH2-]CCN(CC)CC.[Li+]. The van der Waals surface area contributed by atoms with E-state index in [1.54, 1.807) is 0 Å². The molecule has 0 saturated heterocycles. The van der Waals surface area contributed by atoms with Crippen LogP contribution in [0.5, 0.6) is 0 Å². The average molecular weight is 121 g/mol. The Morgan fingerprint density at radius 3 is 1.78 bits per heavy atom. The minimum absolute atomic E-state index is 0. The summed E-state index contributed by atoms with van der Waals surface area (Å²) >= 11 is 0. The Balaban J connectivity index is 0. The smallest absolute Gasteiger partial charge is 0.342 e. The molecule has 1 nitrogen and oxygen atoms in total. The number of nitrogens with zero attached hydrogens (tertiary/aromatic N) is 1. The van der Waals surface area contributed by atoms with Crippen LogP contribution in [0.15, 0.2) is 0 Å². The molecule has 0 spiro atoms. The van der Waals surface area contributed by atoms with Crippen molar-refractivity contribution in [2.75, 3.05) is 19.6 Å². The van der Waals surface area contributed by atoms with Crippen molar-refractivity contribution in [3.05, 3.63) is 6.92 Å². The van der Waals surface area contributed by atoms with Gasteiger partial charge in [-0.3, -0.25) is 0 Å². The molecule has 0 N–H and O–H groups in total. The fraction of sp³-hybridized carbons (Fsp3) is 0.857. The van der Waals surface area contributed by atoms with E-state index in [-0.39, 0.29) is 18.9 Å². The molecule has 0 saturated carbocycles. The summed E-state index contributed by atoms with van der Waals surface area (Å²) in [6, 6.07) is 0. The van der Waals surface area contributed by atoms with E-state index in [2.05, 4.69) is 25.7 Å². The Morgan fingerprint density at radius 2 is 1.67 bits per heavy atom. The summed E-state index contributed by atoms with van der Waals surface area (Å²) in [5, 5.41) is 0. The van der Waals surface area contributed by atoms with Gasteiger partial charge in [-0.2, -0.15) is 6.42 Å². The first-order chi connectivity index (χ1) is 3.85. The van der Waals surface area contributed by atoms with Gasteiger partial charge in [0.15, 0.2) is 0 Å². The molecular weight excluding hydrogens is 105 g/mol. The fourth-order valence-electron chi connectivity index (χ4n) is 0.763. The van der Waals surface area contributed by atoms with Crippen LogP contribution in [0.1, 0.15) is 20.3 Å². The van der Waals surface area contributed by atoms with Crippen LogP contribution in [0.4, 0.5) is 0 Å². The van der Waals surface area contributed by atoms with Gasteiger partial charge in [-0.25, -0.2) is 0 Å². The van der Waals surface area contributed by atoms with E-state index in [0.29, 0.717) is 0 Å². The Labute approximate surface area is 71.0 Å². The summed E-state index contributed by atoms with van der Waals surface area (Å²) < 4.78 is 0. The standard InChI is InChI=1S/C7H16N.Li/c1-4-7-8(5-2)6-3;/h1,4-7H2,2-3H3;/q-1;+1. The summed E-state index contributed by atoms with van der Waals surface area (Å²) in [4.78, 5) is 2.37. The van der Waals surface area contributed by atoms with Gasteiger partial charge < -0.3 is 11.8 Å². The monoisotopic (exact) mass is 121 g/mol. The van der Waals surface area contributed by atoms with Crippen LogP contribution in [0, 0.1) is 6.92 Å². The molecule has 50 valence electrons. The number of rotatable bonds is 4. The van der Waals surface area contributed by atoms with Gasteiger partial charge in [0.1, 0.15) is 0 Å². The molecule has 0 aliphatic rings. The minimum atomic E-state index is 0. The molecule has 0 aliphatic heterocycles. The summed E-state index contributed by atoms with van der Waals surface area (Å²) in [6.07, 6.45) is 1.03. The van der Waals surface area contributed by atoms with Gasteiger partial charge in [-0.1, -0.05) is 13.8 Å². The van der Waals surface area contributed by atoms with Crippen LogP contribution in [0.3, 0.4) is 0 Å². The summed E-state index contributed by atoms with van der Waals surface area (Å²) in [5.41, 5.74) is 0. The maximum absolute atomic E-state index is 3.78. The van der Waals surface area contributed by atoms with Crippen molar-refractivity contribution < 1.29 is 18.9 Å². The molecule has 0 aliphatic carbocycles. The van der Waals surface area contributed by atoms with Crippen molar-refractivity contribution in [2.24, 2.45) is 0 Å². The van der Waals surface area contributed by atoms with E-state index in [9.17, 15) is 0 Å². The molecule has 0 bridgehead atoms. The van der Waals surface area contributed by atoms with E-state index < -0.39 is 0 Å². The largest absolute Gasteiger partial charge is 1.00 e. The molecule has 0 rings (SSSR count). The predicted octanol–water partition coefficient (Wildman–Crippen LogP) is -1.44. The molecule has 2 heteroatoms. The van der Waals surface area contributed by atoms with E-state index in [0.717, 1.165) is 26.1 Å². The Hall–Kier alpha value is 0.557. The van der Waals surface area contributed by atoms with E-state index in [1.807, 2.05) is 0 Å². The third-order valence-electron chi connectivity index (χ3n) is 1.37. The molecule has 0 radical (unpaired) electrons. The zero-order valence-corrected chi connectivity index (χ0v) is 6.98. The van der Waals surface area contributed by atoms with Crippen LogP contribution in [-0.2, 0) is 0 Å². The van der Waals surface area contributed by atoms with Crippen molar-refractivity contribution in [1.82, 2.24) is 4.90 Å². The Morgan fingerprint density at radius 1 is 1.22 bits per heavy atom. The first-order valence-corrected chi connectivity index (χ1v) is 3.36. The third-order valence-corrected chi connectivity index (χ3v) is 1.37. The van der Waals surface area contributed by atoms with Crippen molar-refractivity contribution in [3.63, 3.8) is 0 Å². The zero-order chi connectivity index (χ0) is 6.41. The zero-order valence-electron chi connectivity index (χ0n) is 6.98. The second-order valence-corrected chi connectivity index (χ2v) is 1.88. The molecular formula is C7H16LiN. The van der Waals surface area contributed by atoms with Crippen molar-refractivity contribution in [3.8, 4) is 0 Å². The number of hydrogen-bond acceptors (Lipinski definition) is 1. The Bertz CT molecular complexity index is 44.2. The van der Waals surface area contributed by atoms with E-state index in [4.69, 9.17) is 0 Å². The van der Waals surface area contributed by atoms with Crippen LogP contribution >= 0.6 is 0 Å². The topological polar surface area (TPSA) is 3.24 Å². The van der Waals surface area contributed by atoms with Crippen LogP contribution < -0.4 is 18.9 Å². The maximum atomic E-state index is 3.78. The second kappa shape index (κ2) is 8.56.